The number of benzene rings is 3. The lowest BCUT2D eigenvalue weighted by Gasteiger charge is -2.24. The number of methoxy groups -OCH3 is 2. The molecule has 0 fully saturated rings. The van der Waals surface area contributed by atoms with Crippen LogP contribution in [0.25, 0.3) is 0 Å². The van der Waals surface area contributed by atoms with Crippen molar-refractivity contribution in [2.45, 2.75) is 25.8 Å². The fraction of sp³-hybridized carbons (Fsp3) is 0.231. The minimum absolute atomic E-state index is 0.0824. The van der Waals surface area contributed by atoms with Crippen LogP contribution in [0.1, 0.15) is 46.4 Å². The van der Waals surface area contributed by atoms with Gasteiger partial charge in [-0.3, -0.25) is 14.7 Å². The van der Waals surface area contributed by atoms with Crippen LogP contribution in [0.3, 0.4) is 0 Å². The molecule has 5 heteroatoms. The van der Waals surface area contributed by atoms with Crippen LogP contribution in [0.15, 0.2) is 65.7 Å². The van der Waals surface area contributed by atoms with Gasteiger partial charge in [0.05, 0.1) is 42.9 Å². The summed E-state index contributed by atoms with van der Waals surface area (Å²) in [7, 11) is 3.16. The number of ether oxygens (including phenoxy) is 2. The van der Waals surface area contributed by atoms with Crippen molar-refractivity contribution in [3.63, 3.8) is 0 Å². The summed E-state index contributed by atoms with van der Waals surface area (Å²) in [4.78, 5) is 20.5. The highest BCUT2D eigenvalue weighted by molar-refractivity contribution is 6.17. The molecule has 156 valence electrons. The molecule has 3 aromatic carbocycles. The van der Waals surface area contributed by atoms with Crippen molar-refractivity contribution >= 4 is 23.0 Å². The second-order valence-corrected chi connectivity index (χ2v) is 7.76. The predicted molar refractivity (Wildman–Crippen MR) is 122 cm³/mol. The monoisotopic (exact) mass is 412 g/mol. The van der Waals surface area contributed by atoms with Gasteiger partial charge in [-0.05, 0) is 41.3 Å². The van der Waals surface area contributed by atoms with Crippen LogP contribution in [-0.2, 0) is 6.42 Å². The van der Waals surface area contributed by atoms with E-state index in [1.54, 1.807) is 14.2 Å². The summed E-state index contributed by atoms with van der Waals surface area (Å²) in [6.45, 7) is 2.15. The number of nitrogens with zero attached hydrogens (tertiary/aromatic N) is 2. The highest BCUT2D eigenvalue weighted by atomic mass is 16.5. The van der Waals surface area contributed by atoms with E-state index in [1.807, 2.05) is 41.3 Å². The number of hydrogen-bond donors (Lipinski definition) is 0. The van der Waals surface area contributed by atoms with Gasteiger partial charge in [0, 0.05) is 6.42 Å². The lowest BCUT2D eigenvalue weighted by molar-refractivity contribution is 0.0989. The molecular weight excluding hydrogens is 388 g/mol. The number of aryl methyl sites for hydroxylation is 1. The summed E-state index contributed by atoms with van der Waals surface area (Å²) in [6.07, 6.45) is 1.61. The van der Waals surface area contributed by atoms with Crippen molar-refractivity contribution in [1.29, 1.82) is 0 Å². The molecule has 2 aliphatic heterocycles. The van der Waals surface area contributed by atoms with E-state index in [-0.39, 0.29) is 11.9 Å². The van der Waals surface area contributed by atoms with Gasteiger partial charge in [-0.2, -0.15) is 0 Å². The fourth-order valence-electron chi connectivity index (χ4n) is 4.57. The van der Waals surface area contributed by atoms with Crippen LogP contribution < -0.4 is 14.4 Å². The van der Waals surface area contributed by atoms with Crippen LogP contribution in [0.4, 0.5) is 11.4 Å². The molecule has 1 atom stereocenters. The molecule has 0 aromatic heterocycles. The molecule has 0 N–H and O–H groups in total. The molecule has 31 heavy (non-hydrogen) atoms. The summed E-state index contributed by atoms with van der Waals surface area (Å²) in [5, 5.41) is 0. The van der Waals surface area contributed by atoms with Gasteiger partial charge in [0.15, 0.2) is 11.5 Å². The summed E-state index contributed by atoms with van der Waals surface area (Å²) < 4.78 is 11.1. The van der Waals surface area contributed by atoms with E-state index < -0.39 is 0 Å². The first kappa shape index (κ1) is 19.4. The quantitative estimate of drug-likeness (QED) is 0.569. The van der Waals surface area contributed by atoms with E-state index in [1.165, 1.54) is 5.56 Å². The number of hydrogen-bond acceptors (Lipinski definition) is 4. The van der Waals surface area contributed by atoms with Crippen LogP contribution in [0, 0.1) is 0 Å². The normalized spacial score (nSPS) is 16.7. The maximum absolute atomic E-state index is 13.7. The molecule has 2 aliphatic rings. The van der Waals surface area contributed by atoms with Gasteiger partial charge in [-0.25, -0.2) is 0 Å². The number of carbonyl (C=O) groups is 1. The summed E-state index contributed by atoms with van der Waals surface area (Å²) in [5.74, 6) is 0.965. The van der Waals surface area contributed by atoms with Gasteiger partial charge < -0.3 is 9.47 Å². The van der Waals surface area contributed by atoms with Gasteiger partial charge in [0.25, 0.3) is 5.91 Å². The standard InChI is InChI=1S/C26H24N2O3/c1-4-16-9-11-17(12-10-16)20-15-22-18-13-14-23(30-2)25(31-3)24(18)26(29)28(22)21-8-6-5-7-19(21)27-20/h5-14,22H,4,15H2,1-3H3/t22-/m0/s1. The molecule has 3 aromatic rings. The van der Waals surface area contributed by atoms with Gasteiger partial charge in [0.1, 0.15) is 0 Å². The number of aliphatic imine (C=N–C) groups is 1. The van der Waals surface area contributed by atoms with Crippen LogP contribution in [0.2, 0.25) is 0 Å². The molecule has 0 spiro atoms. The molecule has 5 nitrogen and oxygen atoms in total. The zero-order chi connectivity index (χ0) is 21.5. The second kappa shape index (κ2) is 7.58. The molecule has 0 aliphatic carbocycles. The lowest BCUT2D eigenvalue weighted by atomic mass is 9.95. The molecular formula is C26H24N2O3. The van der Waals surface area contributed by atoms with Gasteiger partial charge >= 0.3 is 0 Å². The van der Waals surface area contributed by atoms with Crippen molar-refractivity contribution in [3.8, 4) is 11.5 Å². The lowest BCUT2D eigenvalue weighted by Crippen LogP contribution is -2.28. The van der Waals surface area contributed by atoms with E-state index >= 15 is 0 Å². The number of para-hydroxylation sites is 2. The summed E-state index contributed by atoms with van der Waals surface area (Å²) >= 11 is 0. The van der Waals surface area contributed by atoms with Crippen LogP contribution >= 0.6 is 0 Å². The number of anilines is 1. The Morgan fingerprint density at radius 1 is 1.00 bits per heavy atom. The van der Waals surface area contributed by atoms with Crippen LogP contribution in [-0.4, -0.2) is 25.8 Å². The van der Waals surface area contributed by atoms with E-state index in [0.717, 1.165) is 34.6 Å². The van der Waals surface area contributed by atoms with Crippen LogP contribution in [0.5, 0.6) is 11.5 Å². The number of carbonyl (C=O) groups excluding carboxylic acids is 1. The first-order chi connectivity index (χ1) is 15.2. The first-order valence-corrected chi connectivity index (χ1v) is 10.5. The summed E-state index contributed by atoms with van der Waals surface area (Å²) in [5.41, 5.74) is 6.47. The minimum atomic E-state index is -0.157. The number of amides is 1. The van der Waals surface area contributed by atoms with Gasteiger partial charge in [-0.15, -0.1) is 0 Å². The minimum Gasteiger partial charge on any atom is -0.493 e. The SMILES string of the molecule is CCc1ccc(C2=Nc3ccccc3N3C(=O)c4c(ccc(OC)c4OC)[C@@H]3C2)cc1. The van der Waals surface area contributed by atoms with Crippen molar-refractivity contribution in [2.24, 2.45) is 4.99 Å². The highest BCUT2D eigenvalue weighted by Gasteiger charge is 2.43. The van der Waals surface area contributed by atoms with Crippen molar-refractivity contribution in [2.75, 3.05) is 19.1 Å². The smallest absolute Gasteiger partial charge is 0.263 e. The zero-order valence-electron chi connectivity index (χ0n) is 17.9. The average Bonchev–Trinajstić information content (AvgIpc) is 2.98. The Morgan fingerprint density at radius 2 is 1.77 bits per heavy atom. The molecule has 2 heterocycles. The molecule has 0 unspecified atom stereocenters. The Morgan fingerprint density at radius 3 is 2.48 bits per heavy atom. The topological polar surface area (TPSA) is 51.1 Å². The third-order valence-corrected chi connectivity index (χ3v) is 6.16. The highest BCUT2D eigenvalue weighted by Crippen LogP contribution is 2.50. The molecule has 1 amide bonds. The fourth-order valence-corrected chi connectivity index (χ4v) is 4.57. The average molecular weight is 412 g/mol. The van der Waals surface area contributed by atoms with Gasteiger partial charge in [0.2, 0.25) is 0 Å². The Labute approximate surface area is 181 Å². The van der Waals surface area contributed by atoms with E-state index in [2.05, 4.69) is 31.2 Å². The zero-order valence-corrected chi connectivity index (χ0v) is 17.9. The molecule has 0 saturated carbocycles. The van der Waals surface area contributed by atoms with Crippen molar-refractivity contribution in [1.82, 2.24) is 0 Å². The van der Waals surface area contributed by atoms with E-state index in [9.17, 15) is 4.79 Å². The number of fused-ring (bicyclic) bond motifs is 5. The second-order valence-electron chi connectivity index (χ2n) is 7.76. The predicted octanol–water partition coefficient (Wildman–Crippen LogP) is 5.49. The maximum Gasteiger partial charge on any atom is 0.263 e. The molecule has 0 bridgehead atoms. The summed E-state index contributed by atoms with van der Waals surface area (Å²) in [6, 6.07) is 20.1. The van der Waals surface area contributed by atoms with Crippen molar-refractivity contribution in [3.05, 3.63) is 82.9 Å². The Kier molecular flexibility index (Phi) is 4.74. The number of rotatable bonds is 4. The third kappa shape index (κ3) is 3.00. The molecule has 0 radical (unpaired) electrons. The first-order valence-electron chi connectivity index (χ1n) is 10.5. The molecule has 0 saturated heterocycles. The molecule has 5 rings (SSSR count). The Hall–Kier alpha value is -3.60. The maximum atomic E-state index is 13.7. The van der Waals surface area contributed by atoms with E-state index in [0.29, 0.717) is 23.5 Å². The van der Waals surface area contributed by atoms with Gasteiger partial charge in [-0.1, -0.05) is 49.4 Å². The Bertz CT molecular complexity index is 1200. The van der Waals surface area contributed by atoms with Crippen molar-refractivity contribution < 1.29 is 14.3 Å². The third-order valence-electron chi connectivity index (χ3n) is 6.16. The van der Waals surface area contributed by atoms with E-state index in [4.69, 9.17) is 14.5 Å². The Balaban J connectivity index is 1.69. The largest absolute Gasteiger partial charge is 0.493 e.